The Balaban J connectivity index is 2.22. The summed E-state index contributed by atoms with van der Waals surface area (Å²) < 4.78 is 26.7. The minimum atomic E-state index is -0.550. The summed E-state index contributed by atoms with van der Waals surface area (Å²) in [7, 11) is 1.78. The third-order valence-corrected chi connectivity index (χ3v) is 3.25. The summed E-state index contributed by atoms with van der Waals surface area (Å²) in [6, 6.07) is 11.7. The van der Waals surface area contributed by atoms with E-state index in [1.54, 1.807) is 7.05 Å². The summed E-state index contributed by atoms with van der Waals surface area (Å²) in [5, 5.41) is 3.08. The second-order valence-electron chi connectivity index (χ2n) is 4.70. The van der Waals surface area contributed by atoms with Crippen molar-refractivity contribution in [1.29, 1.82) is 0 Å². The first-order valence-corrected chi connectivity index (χ1v) is 6.28. The lowest BCUT2D eigenvalue weighted by Crippen LogP contribution is -2.20. The van der Waals surface area contributed by atoms with E-state index in [9.17, 15) is 8.78 Å². The Morgan fingerprint density at radius 1 is 1.05 bits per heavy atom. The first-order chi connectivity index (χ1) is 9.10. The maximum atomic E-state index is 13.8. The molecule has 2 aromatic carbocycles. The largest absolute Gasteiger partial charge is 0.313 e. The van der Waals surface area contributed by atoms with Crippen LogP contribution in [0.2, 0.25) is 0 Å². The quantitative estimate of drug-likeness (QED) is 0.883. The van der Waals surface area contributed by atoms with Crippen LogP contribution in [-0.2, 0) is 6.42 Å². The van der Waals surface area contributed by atoms with E-state index in [1.165, 1.54) is 17.7 Å². The molecular formula is C16H17F2N. The maximum Gasteiger partial charge on any atom is 0.130 e. The van der Waals surface area contributed by atoms with Gasteiger partial charge in [-0.15, -0.1) is 0 Å². The predicted molar refractivity (Wildman–Crippen MR) is 73.0 cm³/mol. The zero-order valence-electron chi connectivity index (χ0n) is 11.1. The van der Waals surface area contributed by atoms with Crippen molar-refractivity contribution < 1.29 is 8.78 Å². The van der Waals surface area contributed by atoms with Crippen LogP contribution >= 0.6 is 0 Å². The van der Waals surface area contributed by atoms with Gasteiger partial charge in [-0.1, -0.05) is 35.9 Å². The van der Waals surface area contributed by atoms with Gasteiger partial charge in [-0.05, 0) is 32.0 Å². The average molecular weight is 261 g/mol. The van der Waals surface area contributed by atoms with Crippen LogP contribution in [0.1, 0.15) is 22.7 Å². The van der Waals surface area contributed by atoms with Gasteiger partial charge in [0.2, 0.25) is 0 Å². The number of nitrogens with one attached hydrogen (secondary N) is 1. The molecule has 0 heterocycles. The van der Waals surface area contributed by atoms with Crippen LogP contribution in [-0.4, -0.2) is 7.05 Å². The van der Waals surface area contributed by atoms with E-state index in [0.717, 1.165) is 11.6 Å². The second-order valence-corrected chi connectivity index (χ2v) is 4.70. The molecule has 1 unspecified atom stereocenters. The molecule has 0 amide bonds. The summed E-state index contributed by atoms with van der Waals surface area (Å²) >= 11 is 0. The van der Waals surface area contributed by atoms with E-state index >= 15 is 0 Å². The van der Waals surface area contributed by atoms with Crippen LogP contribution in [0.4, 0.5) is 8.78 Å². The molecule has 100 valence electrons. The van der Waals surface area contributed by atoms with Crippen molar-refractivity contribution in [2.24, 2.45) is 0 Å². The Labute approximate surface area is 112 Å². The molecule has 0 aliphatic rings. The van der Waals surface area contributed by atoms with Gasteiger partial charge in [0.1, 0.15) is 11.6 Å². The fourth-order valence-corrected chi connectivity index (χ4v) is 2.11. The molecule has 0 saturated heterocycles. The highest BCUT2D eigenvalue weighted by molar-refractivity contribution is 5.27. The molecule has 0 saturated carbocycles. The van der Waals surface area contributed by atoms with Gasteiger partial charge in [0.05, 0.1) is 0 Å². The van der Waals surface area contributed by atoms with E-state index in [2.05, 4.69) is 5.32 Å². The van der Waals surface area contributed by atoms with Crippen LogP contribution in [0.3, 0.4) is 0 Å². The predicted octanol–water partition coefficient (Wildman–Crippen LogP) is 3.78. The number of hydrogen-bond acceptors (Lipinski definition) is 1. The molecule has 2 rings (SSSR count). The van der Waals surface area contributed by atoms with Crippen molar-refractivity contribution in [2.75, 3.05) is 7.05 Å². The summed E-state index contributed by atoms with van der Waals surface area (Å²) in [6.45, 7) is 2.03. The molecule has 2 aromatic rings. The van der Waals surface area contributed by atoms with Crippen molar-refractivity contribution in [3.8, 4) is 0 Å². The lowest BCUT2D eigenvalue weighted by atomic mass is 9.98. The van der Waals surface area contributed by atoms with Crippen LogP contribution < -0.4 is 5.32 Å². The Morgan fingerprint density at radius 3 is 2.32 bits per heavy atom. The van der Waals surface area contributed by atoms with E-state index in [-0.39, 0.29) is 6.04 Å². The van der Waals surface area contributed by atoms with Crippen LogP contribution in [0.15, 0.2) is 42.5 Å². The molecule has 0 spiro atoms. The Bertz CT molecular complexity index is 549. The minimum absolute atomic E-state index is 0.164. The van der Waals surface area contributed by atoms with Crippen molar-refractivity contribution in [1.82, 2.24) is 5.32 Å². The fraction of sp³-hybridized carbons (Fsp3) is 0.250. The third-order valence-electron chi connectivity index (χ3n) is 3.25. The highest BCUT2D eigenvalue weighted by atomic mass is 19.1. The Morgan fingerprint density at radius 2 is 1.74 bits per heavy atom. The van der Waals surface area contributed by atoms with Crippen LogP contribution in [0.5, 0.6) is 0 Å². The Hall–Kier alpha value is -1.74. The molecule has 0 fully saturated rings. The Kier molecular flexibility index (Phi) is 4.27. The van der Waals surface area contributed by atoms with Gasteiger partial charge in [-0.25, -0.2) is 8.78 Å². The summed E-state index contributed by atoms with van der Waals surface area (Å²) in [5.74, 6) is -1.06. The zero-order chi connectivity index (χ0) is 13.8. The van der Waals surface area contributed by atoms with Gasteiger partial charge in [0.15, 0.2) is 0 Å². The molecule has 1 N–H and O–H groups in total. The molecule has 19 heavy (non-hydrogen) atoms. The number of hydrogen-bond donors (Lipinski definition) is 1. The maximum absolute atomic E-state index is 13.8. The highest BCUT2D eigenvalue weighted by Crippen LogP contribution is 2.22. The van der Waals surface area contributed by atoms with Gasteiger partial charge in [0.25, 0.3) is 0 Å². The van der Waals surface area contributed by atoms with E-state index in [1.807, 2.05) is 31.2 Å². The molecule has 0 aliphatic carbocycles. The van der Waals surface area contributed by atoms with Crippen molar-refractivity contribution in [2.45, 2.75) is 19.4 Å². The summed E-state index contributed by atoms with van der Waals surface area (Å²) in [4.78, 5) is 0. The molecule has 0 aliphatic heterocycles. The minimum Gasteiger partial charge on any atom is -0.313 e. The molecule has 0 aromatic heterocycles. The van der Waals surface area contributed by atoms with Gasteiger partial charge >= 0.3 is 0 Å². The molecule has 1 nitrogen and oxygen atoms in total. The number of aryl methyl sites for hydroxylation is 1. The molecule has 0 bridgehead atoms. The second kappa shape index (κ2) is 5.93. The molecular weight excluding hydrogens is 244 g/mol. The SMILES string of the molecule is CNC(Cc1ccc(C)cc1)c1ccc(F)cc1F. The highest BCUT2D eigenvalue weighted by Gasteiger charge is 2.15. The summed E-state index contributed by atoms with van der Waals surface area (Å²) in [6.07, 6.45) is 0.666. The van der Waals surface area contributed by atoms with Gasteiger partial charge < -0.3 is 5.32 Å². The van der Waals surface area contributed by atoms with Gasteiger partial charge in [-0.2, -0.15) is 0 Å². The van der Waals surface area contributed by atoms with E-state index in [4.69, 9.17) is 0 Å². The lowest BCUT2D eigenvalue weighted by molar-refractivity contribution is 0.521. The number of rotatable bonds is 4. The third kappa shape index (κ3) is 3.38. The van der Waals surface area contributed by atoms with E-state index in [0.29, 0.717) is 12.0 Å². The van der Waals surface area contributed by atoms with Crippen LogP contribution in [0.25, 0.3) is 0 Å². The van der Waals surface area contributed by atoms with Gasteiger partial charge in [0, 0.05) is 17.7 Å². The smallest absolute Gasteiger partial charge is 0.130 e. The monoisotopic (exact) mass is 261 g/mol. The topological polar surface area (TPSA) is 12.0 Å². The first-order valence-electron chi connectivity index (χ1n) is 6.28. The van der Waals surface area contributed by atoms with Crippen molar-refractivity contribution in [3.63, 3.8) is 0 Å². The number of likely N-dealkylation sites (N-methyl/N-ethyl adjacent to an activating group) is 1. The summed E-state index contributed by atoms with van der Waals surface area (Å²) in [5.41, 5.74) is 2.80. The molecule has 0 radical (unpaired) electrons. The van der Waals surface area contributed by atoms with Crippen molar-refractivity contribution in [3.05, 3.63) is 70.8 Å². The van der Waals surface area contributed by atoms with Crippen molar-refractivity contribution >= 4 is 0 Å². The molecule has 3 heteroatoms. The number of halogens is 2. The van der Waals surface area contributed by atoms with Gasteiger partial charge in [-0.3, -0.25) is 0 Å². The number of benzene rings is 2. The standard InChI is InChI=1S/C16H17F2N/c1-11-3-5-12(6-4-11)9-16(19-2)14-8-7-13(17)10-15(14)18/h3-8,10,16,19H,9H2,1-2H3. The van der Waals surface area contributed by atoms with E-state index < -0.39 is 11.6 Å². The zero-order valence-corrected chi connectivity index (χ0v) is 11.1. The first kappa shape index (κ1) is 13.7. The van der Waals surface area contributed by atoms with Crippen LogP contribution in [0, 0.1) is 18.6 Å². The normalized spacial score (nSPS) is 12.4. The fourth-order valence-electron chi connectivity index (χ4n) is 2.11. The lowest BCUT2D eigenvalue weighted by Gasteiger charge is -2.17. The average Bonchev–Trinajstić information content (AvgIpc) is 2.39. The molecule has 1 atom stereocenters.